The van der Waals surface area contributed by atoms with E-state index in [2.05, 4.69) is 109 Å². The summed E-state index contributed by atoms with van der Waals surface area (Å²) in [7, 11) is 2.18. The minimum absolute atomic E-state index is 0.631. The molecular weight excluding hydrogens is 460 g/mol. The van der Waals surface area contributed by atoms with E-state index in [-0.39, 0.29) is 0 Å². The van der Waals surface area contributed by atoms with Crippen LogP contribution in [0.15, 0.2) is 91.6 Å². The molecule has 1 N–H and O–H groups in total. The minimum atomic E-state index is 0.631. The van der Waals surface area contributed by atoms with Gasteiger partial charge in [-0.25, -0.2) is 0 Å². The van der Waals surface area contributed by atoms with E-state index in [0.717, 1.165) is 18.0 Å². The fourth-order valence-electron chi connectivity index (χ4n) is 6.50. The number of allylic oxidation sites excluding steroid dienone is 2. The van der Waals surface area contributed by atoms with Gasteiger partial charge in [-0.1, -0.05) is 113 Å². The molecule has 3 aromatic carbocycles. The van der Waals surface area contributed by atoms with Crippen LogP contribution in [-0.2, 0) is 0 Å². The second kappa shape index (κ2) is 13.0. The largest absolute Gasteiger partial charge is 0.361 e. The van der Waals surface area contributed by atoms with Gasteiger partial charge in [0.25, 0.3) is 0 Å². The average molecular weight is 505 g/mol. The second-order valence-electron chi connectivity index (χ2n) is 11.4. The molecule has 2 aliphatic rings. The highest BCUT2D eigenvalue weighted by Gasteiger charge is 2.20. The maximum Gasteiger partial charge on any atom is 0.0484 e. The van der Waals surface area contributed by atoms with Crippen LogP contribution >= 0.6 is 0 Å². The molecule has 0 spiro atoms. The van der Waals surface area contributed by atoms with Crippen LogP contribution in [0.25, 0.3) is 11.1 Å². The zero-order chi connectivity index (χ0) is 26.2. The smallest absolute Gasteiger partial charge is 0.0484 e. The van der Waals surface area contributed by atoms with Gasteiger partial charge in [0, 0.05) is 35.9 Å². The Morgan fingerprint density at radius 1 is 0.816 bits per heavy atom. The van der Waals surface area contributed by atoms with Crippen LogP contribution in [0.2, 0.25) is 0 Å². The summed E-state index contributed by atoms with van der Waals surface area (Å²) in [5, 5.41) is 3.67. The SMILES string of the molecule is C=C(CC1CCCCC1)c1ccccc1N(C)c1cccc(N/C=C(\c2ccccc2)C2CCCCC2)c1. The first-order chi connectivity index (χ1) is 18.7. The predicted molar refractivity (Wildman–Crippen MR) is 166 cm³/mol. The average Bonchev–Trinajstić information content (AvgIpc) is 2.99. The van der Waals surface area contributed by atoms with Crippen molar-refractivity contribution in [1.82, 2.24) is 0 Å². The van der Waals surface area contributed by atoms with Crippen molar-refractivity contribution in [2.24, 2.45) is 11.8 Å². The molecule has 0 bridgehead atoms. The van der Waals surface area contributed by atoms with Crippen molar-refractivity contribution in [2.45, 2.75) is 70.6 Å². The topological polar surface area (TPSA) is 15.3 Å². The van der Waals surface area contributed by atoms with Crippen molar-refractivity contribution in [3.63, 3.8) is 0 Å². The van der Waals surface area contributed by atoms with Crippen molar-refractivity contribution < 1.29 is 0 Å². The Hall–Kier alpha value is -3.26. The third kappa shape index (κ3) is 6.59. The van der Waals surface area contributed by atoms with E-state index in [1.807, 2.05) is 0 Å². The van der Waals surface area contributed by atoms with Gasteiger partial charge in [0.2, 0.25) is 0 Å². The van der Waals surface area contributed by atoms with Crippen molar-refractivity contribution >= 4 is 28.2 Å². The second-order valence-corrected chi connectivity index (χ2v) is 11.4. The van der Waals surface area contributed by atoms with Crippen LogP contribution in [0.1, 0.15) is 81.8 Å². The predicted octanol–water partition coefficient (Wildman–Crippen LogP) is 10.5. The molecule has 2 nitrogen and oxygen atoms in total. The fourth-order valence-corrected chi connectivity index (χ4v) is 6.50. The summed E-state index contributed by atoms with van der Waals surface area (Å²) in [5.41, 5.74) is 8.86. The lowest BCUT2D eigenvalue weighted by atomic mass is 9.81. The lowest BCUT2D eigenvalue weighted by molar-refractivity contribution is 0.365. The van der Waals surface area contributed by atoms with Crippen LogP contribution < -0.4 is 10.2 Å². The Balaban J connectivity index is 1.35. The summed E-state index contributed by atoms with van der Waals surface area (Å²) in [6, 6.07) is 28.5. The molecule has 0 radical (unpaired) electrons. The Kier molecular flexibility index (Phi) is 9.02. The normalized spacial score (nSPS) is 17.2. The highest BCUT2D eigenvalue weighted by atomic mass is 15.1. The van der Waals surface area contributed by atoms with Crippen molar-refractivity contribution in [1.29, 1.82) is 0 Å². The minimum Gasteiger partial charge on any atom is -0.361 e. The van der Waals surface area contributed by atoms with Gasteiger partial charge in [-0.05, 0) is 72.1 Å². The van der Waals surface area contributed by atoms with E-state index in [1.165, 1.54) is 97.9 Å². The molecule has 3 aromatic rings. The van der Waals surface area contributed by atoms with Crippen LogP contribution in [0.3, 0.4) is 0 Å². The number of nitrogens with zero attached hydrogens (tertiary/aromatic N) is 1. The molecule has 0 atom stereocenters. The third-order valence-electron chi connectivity index (χ3n) is 8.69. The van der Waals surface area contributed by atoms with E-state index in [9.17, 15) is 0 Å². The highest BCUT2D eigenvalue weighted by Crippen LogP contribution is 2.38. The van der Waals surface area contributed by atoms with Gasteiger partial charge in [-0.2, -0.15) is 0 Å². The zero-order valence-electron chi connectivity index (χ0n) is 23.2. The van der Waals surface area contributed by atoms with Gasteiger partial charge in [-0.3, -0.25) is 0 Å². The summed E-state index contributed by atoms with van der Waals surface area (Å²) in [5.74, 6) is 1.42. The molecule has 0 heterocycles. The van der Waals surface area contributed by atoms with Crippen molar-refractivity contribution in [3.05, 3.63) is 103 Å². The molecule has 2 saturated carbocycles. The van der Waals surface area contributed by atoms with Crippen LogP contribution in [0.4, 0.5) is 17.1 Å². The van der Waals surface area contributed by atoms with Gasteiger partial charge in [0.1, 0.15) is 0 Å². The Bertz CT molecular complexity index is 1210. The first kappa shape index (κ1) is 26.4. The summed E-state index contributed by atoms with van der Waals surface area (Å²) in [6.45, 7) is 4.55. The quantitative estimate of drug-likeness (QED) is 0.312. The van der Waals surface area contributed by atoms with Crippen LogP contribution in [0, 0.1) is 11.8 Å². The van der Waals surface area contributed by atoms with Gasteiger partial charge in [0.05, 0.1) is 0 Å². The van der Waals surface area contributed by atoms with E-state index in [1.54, 1.807) is 0 Å². The molecule has 0 saturated heterocycles. The number of hydrogen-bond acceptors (Lipinski definition) is 2. The van der Waals surface area contributed by atoms with Crippen LogP contribution in [0.5, 0.6) is 0 Å². The summed E-state index contributed by atoms with van der Waals surface area (Å²) < 4.78 is 0. The molecule has 0 amide bonds. The van der Waals surface area contributed by atoms with E-state index in [4.69, 9.17) is 0 Å². The molecule has 0 aliphatic heterocycles. The Morgan fingerprint density at radius 3 is 2.26 bits per heavy atom. The van der Waals surface area contributed by atoms with Gasteiger partial charge >= 0.3 is 0 Å². The first-order valence-corrected chi connectivity index (χ1v) is 14.8. The zero-order valence-corrected chi connectivity index (χ0v) is 23.2. The molecule has 2 aliphatic carbocycles. The highest BCUT2D eigenvalue weighted by molar-refractivity contribution is 5.80. The Labute approximate surface area is 230 Å². The lowest BCUT2D eigenvalue weighted by Crippen LogP contribution is -2.13. The van der Waals surface area contributed by atoms with Crippen molar-refractivity contribution in [2.75, 3.05) is 17.3 Å². The summed E-state index contributed by atoms with van der Waals surface area (Å²) in [4.78, 5) is 2.32. The van der Waals surface area contributed by atoms with Gasteiger partial charge in [-0.15, -0.1) is 0 Å². The maximum absolute atomic E-state index is 4.55. The number of hydrogen-bond donors (Lipinski definition) is 1. The van der Waals surface area contributed by atoms with E-state index < -0.39 is 0 Å². The van der Waals surface area contributed by atoms with E-state index in [0.29, 0.717) is 5.92 Å². The summed E-state index contributed by atoms with van der Waals surface area (Å²) >= 11 is 0. The maximum atomic E-state index is 4.55. The van der Waals surface area contributed by atoms with Gasteiger partial charge in [0.15, 0.2) is 0 Å². The molecule has 2 heteroatoms. The summed E-state index contributed by atoms with van der Waals surface area (Å²) in [6.07, 6.45) is 16.8. The number of benzene rings is 3. The molecule has 198 valence electrons. The molecule has 38 heavy (non-hydrogen) atoms. The first-order valence-electron chi connectivity index (χ1n) is 14.8. The van der Waals surface area contributed by atoms with Crippen LogP contribution in [-0.4, -0.2) is 7.05 Å². The molecule has 5 rings (SSSR count). The van der Waals surface area contributed by atoms with Crippen molar-refractivity contribution in [3.8, 4) is 0 Å². The number of nitrogens with one attached hydrogen (secondary N) is 1. The third-order valence-corrected chi connectivity index (χ3v) is 8.69. The monoisotopic (exact) mass is 504 g/mol. The molecule has 0 unspecified atom stereocenters. The Morgan fingerprint density at radius 2 is 1.50 bits per heavy atom. The lowest BCUT2D eigenvalue weighted by Gasteiger charge is -2.27. The number of rotatable bonds is 9. The van der Waals surface area contributed by atoms with E-state index >= 15 is 0 Å². The number of anilines is 3. The fraction of sp³-hybridized carbons (Fsp3) is 0.389. The molecular formula is C36H44N2. The molecule has 0 aromatic heterocycles. The standard InChI is InChI=1S/C36H44N2/c1-28(25-29-15-6-3-7-16-29)34-23-12-13-24-36(34)38(2)33-22-14-21-32(26-33)37-27-35(30-17-8-4-9-18-30)31-19-10-5-11-20-31/h4,8-9,12-14,17-18,21-24,26-27,29,31,37H,1,3,5-7,10-11,15-16,19-20,25H2,2H3/b35-27+. The van der Waals surface area contributed by atoms with Gasteiger partial charge < -0.3 is 10.2 Å². The molecule has 2 fully saturated rings. The number of para-hydroxylation sites is 1.